The van der Waals surface area contributed by atoms with Crippen molar-refractivity contribution in [2.75, 3.05) is 0 Å². The van der Waals surface area contributed by atoms with Crippen LogP contribution in [-0.2, 0) is 30.5 Å². The number of carbonyl (C=O) groups excluding carboxylic acids is 1. The Labute approximate surface area is 247 Å². The minimum absolute atomic E-state index is 0.0146. The highest BCUT2D eigenvalue weighted by Crippen LogP contribution is 2.57. The monoisotopic (exact) mass is 618 g/mol. The first kappa shape index (κ1) is 30.6. The summed E-state index contributed by atoms with van der Waals surface area (Å²) in [5.41, 5.74) is -0.755. The van der Waals surface area contributed by atoms with E-state index in [-0.39, 0.29) is 10.9 Å². The van der Waals surface area contributed by atoms with Gasteiger partial charge in [0.25, 0.3) is 0 Å². The van der Waals surface area contributed by atoms with Crippen LogP contribution in [0, 0.1) is 17.8 Å². The van der Waals surface area contributed by atoms with Crippen molar-refractivity contribution >= 4 is 27.0 Å². The quantitative estimate of drug-likeness (QED) is 0.160. The Hall–Kier alpha value is -2.82. The van der Waals surface area contributed by atoms with E-state index < -0.39 is 39.5 Å². The predicted molar refractivity (Wildman–Crippen MR) is 153 cm³/mol. The molecule has 10 heteroatoms. The van der Waals surface area contributed by atoms with Crippen molar-refractivity contribution in [3.8, 4) is 0 Å². The molecule has 224 valence electrons. The molecule has 4 saturated carbocycles. The first-order chi connectivity index (χ1) is 19.9. The molecule has 0 aliphatic heterocycles. The Kier molecular flexibility index (Phi) is 9.06. The minimum atomic E-state index is -5.66. The van der Waals surface area contributed by atoms with Gasteiger partial charge in [-0.2, -0.15) is 13.2 Å². The fraction of sp³-hybridized carbons (Fsp3) is 0.406. The number of hydrogen-bond acceptors (Lipinski definition) is 5. The number of esters is 1. The third kappa shape index (κ3) is 7.38. The Morgan fingerprint density at radius 3 is 1.45 bits per heavy atom. The lowest BCUT2D eigenvalue weighted by Gasteiger charge is -2.55. The van der Waals surface area contributed by atoms with Crippen LogP contribution in [0.15, 0.2) is 106 Å². The van der Waals surface area contributed by atoms with Crippen molar-refractivity contribution in [1.29, 1.82) is 0 Å². The van der Waals surface area contributed by atoms with Gasteiger partial charge >= 0.3 is 12.1 Å². The van der Waals surface area contributed by atoms with Gasteiger partial charge in [0.2, 0.25) is 0 Å². The van der Waals surface area contributed by atoms with Crippen LogP contribution in [0.1, 0.15) is 44.9 Å². The molecule has 3 aromatic rings. The standard InChI is InChI=1S/C18H15S.C14H19F3O5S/c1-4-10-16(11-5-1)19(17-12-6-2-7-13-17)18-14-8-3-9-15-18;15-14(16,17)11(23(19,20)21)4-12(18)22-13-5-8-1-9(6-13)3-10(2-8)7-13/h1-15H;8-11H,1-7H2,(H,19,20,21)/q+1;/p-1. The van der Waals surface area contributed by atoms with Crippen LogP contribution in [0.3, 0.4) is 0 Å². The van der Waals surface area contributed by atoms with Crippen LogP contribution in [-0.4, -0.2) is 36.0 Å². The van der Waals surface area contributed by atoms with Crippen molar-refractivity contribution in [3.05, 3.63) is 91.0 Å². The SMILES string of the molecule is O=C(CC(C(F)(F)F)S(=O)(=O)[O-])OC12CC3CC(CC(C3)C1)C2.c1ccc([S+](c2ccccc2)c2ccccc2)cc1. The highest BCUT2D eigenvalue weighted by Gasteiger charge is 2.54. The molecule has 42 heavy (non-hydrogen) atoms. The van der Waals surface area contributed by atoms with Gasteiger partial charge in [-0.25, -0.2) is 8.42 Å². The molecule has 0 spiro atoms. The third-order valence-electron chi connectivity index (χ3n) is 8.31. The van der Waals surface area contributed by atoms with Gasteiger partial charge < -0.3 is 9.29 Å². The van der Waals surface area contributed by atoms with E-state index in [9.17, 15) is 30.9 Å². The van der Waals surface area contributed by atoms with Gasteiger partial charge in [0.15, 0.2) is 19.9 Å². The van der Waals surface area contributed by atoms with Crippen molar-refractivity contribution in [2.24, 2.45) is 17.8 Å². The summed E-state index contributed by atoms with van der Waals surface area (Å²) >= 11 is 0. The molecule has 0 radical (unpaired) electrons. The molecule has 0 N–H and O–H groups in total. The van der Waals surface area contributed by atoms with Gasteiger partial charge in [0, 0.05) is 0 Å². The Morgan fingerprint density at radius 2 is 1.14 bits per heavy atom. The summed E-state index contributed by atoms with van der Waals surface area (Å²) < 4.78 is 75.8. The molecule has 0 saturated heterocycles. The van der Waals surface area contributed by atoms with Crippen molar-refractivity contribution in [3.63, 3.8) is 0 Å². The fourth-order valence-corrected chi connectivity index (χ4v) is 9.82. The topological polar surface area (TPSA) is 83.5 Å². The molecular formula is C32H33F3O5S2. The molecule has 0 heterocycles. The maximum Gasteiger partial charge on any atom is 0.404 e. The van der Waals surface area contributed by atoms with E-state index in [1.165, 1.54) is 14.7 Å². The second-order valence-electron chi connectivity index (χ2n) is 11.5. The molecule has 7 rings (SSSR count). The van der Waals surface area contributed by atoms with Gasteiger partial charge in [-0.3, -0.25) is 4.79 Å². The van der Waals surface area contributed by atoms with E-state index in [0.717, 1.165) is 19.3 Å². The number of carbonyl (C=O) groups is 1. The van der Waals surface area contributed by atoms with Crippen LogP contribution in [0.2, 0.25) is 0 Å². The number of alkyl halides is 3. The van der Waals surface area contributed by atoms with Gasteiger partial charge in [0.1, 0.15) is 15.7 Å². The van der Waals surface area contributed by atoms with Crippen LogP contribution in [0.4, 0.5) is 13.2 Å². The van der Waals surface area contributed by atoms with E-state index in [4.69, 9.17) is 4.74 Å². The summed E-state index contributed by atoms with van der Waals surface area (Å²) in [6.45, 7) is 0. The maximum absolute atomic E-state index is 12.7. The summed E-state index contributed by atoms with van der Waals surface area (Å²) in [6, 6.07) is 32.2. The first-order valence-electron chi connectivity index (χ1n) is 14.0. The zero-order valence-corrected chi connectivity index (χ0v) is 24.5. The van der Waals surface area contributed by atoms with Gasteiger partial charge in [0.05, 0.1) is 17.3 Å². The molecule has 1 atom stereocenters. The van der Waals surface area contributed by atoms with E-state index in [1.807, 2.05) is 0 Å². The Morgan fingerprint density at radius 1 is 0.786 bits per heavy atom. The maximum atomic E-state index is 12.7. The van der Waals surface area contributed by atoms with Crippen molar-refractivity contribution < 1.29 is 35.7 Å². The van der Waals surface area contributed by atoms with E-state index in [2.05, 4.69) is 91.0 Å². The van der Waals surface area contributed by atoms with E-state index in [1.54, 1.807) is 0 Å². The zero-order chi connectivity index (χ0) is 30.0. The summed E-state index contributed by atoms with van der Waals surface area (Å²) in [6.07, 6.45) is -1.65. The van der Waals surface area contributed by atoms with Gasteiger partial charge in [-0.15, -0.1) is 0 Å². The first-order valence-corrected chi connectivity index (χ1v) is 16.7. The summed E-state index contributed by atoms with van der Waals surface area (Å²) in [5, 5.41) is -3.24. The van der Waals surface area contributed by atoms with Gasteiger partial charge in [-0.05, 0) is 92.7 Å². The van der Waals surface area contributed by atoms with Crippen molar-refractivity contribution in [2.45, 2.75) is 76.7 Å². The minimum Gasteiger partial charge on any atom is -0.747 e. The molecular weight excluding hydrogens is 585 g/mol. The smallest absolute Gasteiger partial charge is 0.404 e. The lowest BCUT2D eigenvalue weighted by Crippen LogP contribution is -2.53. The van der Waals surface area contributed by atoms with E-state index in [0.29, 0.717) is 37.0 Å². The number of benzene rings is 3. The second-order valence-corrected chi connectivity index (χ2v) is 15.1. The highest BCUT2D eigenvalue weighted by atomic mass is 32.2. The molecule has 4 bridgehead atoms. The second kappa shape index (κ2) is 12.4. The van der Waals surface area contributed by atoms with Crippen LogP contribution >= 0.6 is 0 Å². The molecule has 5 nitrogen and oxygen atoms in total. The average Bonchev–Trinajstić information content (AvgIpc) is 2.92. The molecule has 4 aliphatic rings. The van der Waals surface area contributed by atoms with Crippen LogP contribution in [0.25, 0.3) is 0 Å². The van der Waals surface area contributed by atoms with Gasteiger partial charge in [-0.1, -0.05) is 54.6 Å². The largest absolute Gasteiger partial charge is 0.747 e. The third-order valence-corrected chi connectivity index (χ3v) is 11.7. The van der Waals surface area contributed by atoms with Crippen LogP contribution < -0.4 is 0 Å². The zero-order valence-electron chi connectivity index (χ0n) is 22.9. The summed E-state index contributed by atoms with van der Waals surface area (Å²) in [4.78, 5) is 16.0. The number of ether oxygens (including phenoxy) is 1. The Balaban J connectivity index is 0.000000171. The summed E-state index contributed by atoms with van der Waals surface area (Å²) in [5.74, 6) is 0.0378. The number of hydrogen-bond donors (Lipinski definition) is 0. The normalized spacial score (nSPS) is 25.4. The Bertz CT molecular complexity index is 1320. The molecule has 4 fully saturated rings. The fourth-order valence-electron chi connectivity index (χ4n) is 7.05. The van der Waals surface area contributed by atoms with E-state index >= 15 is 0 Å². The number of rotatable bonds is 7. The average molecular weight is 619 g/mol. The predicted octanol–water partition coefficient (Wildman–Crippen LogP) is 7.15. The molecule has 3 aromatic carbocycles. The lowest BCUT2D eigenvalue weighted by molar-refractivity contribution is -0.191. The molecule has 1 unspecified atom stereocenters. The molecule has 4 aliphatic carbocycles. The summed E-state index contributed by atoms with van der Waals surface area (Å²) in [7, 11) is -5.67. The molecule has 0 aromatic heterocycles. The highest BCUT2D eigenvalue weighted by molar-refractivity contribution is 7.97. The lowest BCUT2D eigenvalue weighted by atomic mass is 9.54. The number of halogens is 3. The van der Waals surface area contributed by atoms with Crippen molar-refractivity contribution in [1.82, 2.24) is 0 Å². The van der Waals surface area contributed by atoms with Crippen LogP contribution in [0.5, 0.6) is 0 Å². The molecule has 0 amide bonds.